The van der Waals surface area contributed by atoms with Crippen molar-refractivity contribution in [1.29, 1.82) is 0 Å². The molecule has 8 heteroatoms. The largest absolute Gasteiger partial charge is 0.372 e. The van der Waals surface area contributed by atoms with Gasteiger partial charge in [-0.05, 0) is 62.4 Å². The van der Waals surface area contributed by atoms with Gasteiger partial charge in [-0.2, -0.15) is 0 Å². The summed E-state index contributed by atoms with van der Waals surface area (Å²) in [5.41, 5.74) is 3.73. The van der Waals surface area contributed by atoms with Gasteiger partial charge in [-0.15, -0.1) is 10.2 Å². The van der Waals surface area contributed by atoms with Gasteiger partial charge in [0.1, 0.15) is 0 Å². The molecule has 1 amide bonds. The summed E-state index contributed by atoms with van der Waals surface area (Å²) in [5.74, 6) is 0.809. The predicted molar refractivity (Wildman–Crippen MR) is 141 cm³/mol. The minimum atomic E-state index is -0.104. The average molecular weight is 492 g/mol. The normalized spacial score (nSPS) is 10.8. The van der Waals surface area contributed by atoms with E-state index in [1.165, 1.54) is 11.8 Å². The minimum Gasteiger partial charge on any atom is -0.372 e. The van der Waals surface area contributed by atoms with Crippen LogP contribution in [0.4, 0.5) is 11.4 Å². The van der Waals surface area contributed by atoms with E-state index in [-0.39, 0.29) is 11.7 Å². The third-order valence-corrected chi connectivity index (χ3v) is 6.54. The van der Waals surface area contributed by atoms with Crippen molar-refractivity contribution in [2.45, 2.75) is 19.0 Å². The minimum absolute atomic E-state index is 0.104. The zero-order valence-electron chi connectivity index (χ0n) is 19.1. The van der Waals surface area contributed by atoms with Gasteiger partial charge in [0, 0.05) is 40.7 Å². The van der Waals surface area contributed by atoms with Gasteiger partial charge in [-0.3, -0.25) is 9.36 Å². The number of thioether (sulfide) groups is 1. The second-order valence-electron chi connectivity index (χ2n) is 7.54. The van der Waals surface area contributed by atoms with Crippen molar-refractivity contribution in [3.05, 3.63) is 83.9 Å². The molecule has 174 valence electrons. The fourth-order valence-corrected chi connectivity index (χ4v) is 4.51. The van der Waals surface area contributed by atoms with E-state index in [1.807, 2.05) is 83.4 Å². The number of benzene rings is 3. The smallest absolute Gasteiger partial charge is 0.234 e. The maximum atomic E-state index is 12.7. The molecular weight excluding hydrogens is 466 g/mol. The predicted octanol–water partition coefficient (Wildman–Crippen LogP) is 6.16. The highest BCUT2D eigenvalue weighted by Gasteiger charge is 2.17. The Kier molecular flexibility index (Phi) is 7.87. The van der Waals surface area contributed by atoms with Gasteiger partial charge in [0.25, 0.3) is 0 Å². The first-order valence-electron chi connectivity index (χ1n) is 11.1. The number of halogens is 1. The number of nitrogens with zero attached hydrogens (tertiary/aromatic N) is 4. The van der Waals surface area contributed by atoms with Crippen molar-refractivity contribution in [2.24, 2.45) is 0 Å². The molecule has 1 heterocycles. The first-order valence-corrected chi connectivity index (χ1v) is 12.5. The van der Waals surface area contributed by atoms with Crippen molar-refractivity contribution < 1.29 is 4.79 Å². The van der Waals surface area contributed by atoms with Crippen LogP contribution in [-0.4, -0.2) is 39.5 Å². The molecule has 0 aliphatic heterocycles. The lowest BCUT2D eigenvalue weighted by Crippen LogP contribution is -2.21. The van der Waals surface area contributed by atoms with Gasteiger partial charge in [0.15, 0.2) is 11.0 Å². The van der Waals surface area contributed by atoms with E-state index >= 15 is 0 Å². The molecule has 1 aromatic heterocycles. The number of hydrogen-bond acceptors (Lipinski definition) is 5. The number of aromatic nitrogens is 3. The summed E-state index contributed by atoms with van der Waals surface area (Å²) in [5, 5.41) is 13.0. The van der Waals surface area contributed by atoms with Crippen LogP contribution >= 0.6 is 23.4 Å². The van der Waals surface area contributed by atoms with Gasteiger partial charge < -0.3 is 10.2 Å². The monoisotopic (exact) mass is 491 g/mol. The lowest BCUT2D eigenvalue weighted by molar-refractivity contribution is -0.113. The fourth-order valence-electron chi connectivity index (χ4n) is 3.63. The van der Waals surface area contributed by atoms with E-state index in [0.29, 0.717) is 16.0 Å². The Morgan fingerprint density at radius 2 is 1.62 bits per heavy atom. The molecule has 0 bridgehead atoms. The maximum Gasteiger partial charge on any atom is 0.234 e. The highest BCUT2D eigenvalue weighted by Crippen LogP contribution is 2.28. The van der Waals surface area contributed by atoms with E-state index in [4.69, 9.17) is 11.6 Å². The fraction of sp³-hybridized carbons (Fsp3) is 0.192. The molecule has 0 saturated heterocycles. The summed E-state index contributed by atoms with van der Waals surface area (Å²) in [7, 11) is 0. The molecule has 0 unspecified atom stereocenters. The van der Waals surface area contributed by atoms with Crippen LogP contribution in [-0.2, 0) is 4.79 Å². The molecule has 0 fully saturated rings. The van der Waals surface area contributed by atoms with Crippen LogP contribution in [0.15, 0.2) is 84.0 Å². The number of amides is 1. The SMILES string of the molecule is CCN(CC)c1ccc(NC(=O)CSc2nnc(-c3ccccc3)n2-c2ccc(Cl)cc2)cc1. The molecular formula is C26H26ClN5OS. The number of carbonyl (C=O) groups excluding carboxylic acids is 1. The van der Waals surface area contributed by atoms with Crippen LogP contribution in [0.1, 0.15) is 13.8 Å². The second-order valence-corrected chi connectivity index (χ2v) is 8.92. The summed E-state index contributed by atoms with van der Waals surface area (Å²) in [6.45, 7) is 6.14. The molecule has 4 rings (SSSR count). The molecule has 1 N–H and O–H groups in total. The van der Waals surface area contributed by atoms with Crippen molar-refractivity contribution in [3.8, 4) is 17.1 Å². The third kappa shape index (κ3) is 5.61. The molecule has 34 heavy (non-hydrogen) atoms. The van der Waals surface area contributed by atoms with Crippen LogP contribution in [0.5, 0.6) is 0 Å². The molecule has 0 aliphatic carbocycles. The van der Waals surface area contributed by atoms with E-state index in [0.717, 1.165) is 35.7 Å². The van der Waals surface area contributed by atoms with Crippen LogP contribution in [0.25, 0.3) is 17.1 Å². The highest BCUT2D eigenvalue weighted by atomic mass is 35.5. The highest BCUT2D eigenvalue weighted by molar-refractivity contribution is 7.99. The summed E-state index contributed by atoms with van der Waals surface area (Å²) < 4.78 is 1.95. The van der Waals surface area contributed by atoms with Gasteiger partial charge in [-0.1, -0.05) is 53.7 Å². The van der Waals surface area contributed by atoms with Crippen LogP contribution < -0.4 is 10.2 Å². The first kappa shape index (κ1) is 23.9. The Morgan fingerprint density at radius 3 is 2.26 bits per heavy atom. The Labute approximate surface area is 209 Å². The number of rotatable bonds is 9. The zero-order valence-corrected chi connectivity index (χ0v) is 20.7. The molecule has 0 aliphatic rings. The van der Waals surface area contributed by atoms with E-state index in [1.54, 1.807) is 0 Å². The van der Waals surface area contributed by atoms with Crippen molar-refractivity contribution in [2.75, 3.05) is 29.1 Å². The number of hydrogen-bond donors (Lipinski definition) is 1. The quantitative estimate of drug-likeness (QED) is 0.284. The summed E-state index contributed by atoms with van der Waals surface area (Å²) >= 11 is 7.43. The molecule has 0 radical (unpaired) electrons. The Balaban J connectivity index is 1.50. The van der Waals surface area contributed by atoms with E-state index < -0.39 is 0 Å². The first-order chi connectivity index (χ1) is 16.6. The number of anilines is 2. The number of carbonyl (C=O) groups is 1. The van der Waals surface area contributed by atoms with E-state index in [9.17, 15) is 4.79 Å². The second kappa shape index (κ2) is 11.2. The topological polar surface area (TPSA) is 63.1 Å². The third-order valence-electron chi connectivity index (χ3n) is 5.36. The molecule has 3 aromatic carbocycles. The van der Waals surface area contributed by atoms with E-state index in [2.05, 4.69) is 34.3 Å². The maximum absolute atomic E-state index is 12.7. The van der Waals surface area contributed by atoms with Gasteiger partial charge in [0.2, 0.25) is 5.91 Å². The molecule has 0 spiro atoms. The lowest BCUT2D eigenvalue weighted by atomic mass is 10.2. The molecule has 4 aromatic rings. The molecule has 6 nitrogen and oxygen atoms in total. The van der Waals surface area contributed by atoms with Crippen LogP contribution in [0.3, 0.4) is 0 Å². The lowest BCUT2D eigenvalue weighted by Gasteiger charge is -2.21. The van der Waals surface area contributed by atoms with Crippen LogP contribution in [0, 0.1) is 0 Å². The van der Waals surface area contributed by atoms with Crippen molar-refractivity contribution >= 4 is 40.6 Å². The molecule has 0 atom stereocenters. The average Bonchev–Trinajstić information content (AvgIpc) is 3.29. The Morgan fingerprint density at radius 1 is 0.941 bits per heavy atom. The summed E-state index contributed by atoms with van der Waals surface area (Å²) in [6, 6.07) is 25.3. The van der Waals surface area contributed by atoms with Crippen LogP contribution in [0.2, 0.25) is 5.02 Å². The zero-order chi connectivity index (χ0) is 23.9. The van der Waals surface area contributed by atoms with Gasteiger partial charge in [0.05, 0.1) is 5.75 Å². The molecule has 0 saturated carbocycles. The van der Waals surface area contributed by atoms with Gasteiger partial charge in [-0.25, -0.2) is 0 Å². The Bertz CT molecular complexity index is 1220. The number of nitrogens with one attached hydrogen (secondary N) is 1. The Hall–Kier alpha value is -3.29. The van der Waals surface area contributed by atoms with Crippen molar-refractivity contribution in [3.63, 3.8) is 0 Å². The summed E-state index contributed by atoms with van der Waals surface area (Å²) in [6.07, 6.45) is 0. The van der Waals surface area contributed by atoms with Gasteiger partial charge >= 0.3 is 0 Å². The van der Waals surface area contributed by atoms with Crippen molar-refractivity contribution in [1.82, 2.24) is 14.8 Å². The summed E-state index contributed by atoms with van der Waals surface area (Å²) in [4.78, 5) is 14.9. The standard InChI is InChI=1S/C26H26ClN5OS/c1-3-31(4-2)22-16-12-21(13-17-22)28-24(33)18-34-26-30-29-25(19-8-6-5-7-9-19)32(26)23-14-10-20(27)11-15-23/h5-17H,3-4,18H2,1-2H3,(H,28,33).